The Balaban J connectivity index is 2.17. The lowest BCUT2D eigenvalue weighted by atomic mass is 9.67. The molecule has 0 spiro atoms. The molecular formula is C12H19NO. The molecule has 1 saturated heterocycles. The van der Waals surface area contributed by atoms with Gasteiger partial charge in [0, 0.05) is 18.4 Å². The van der Waals surface area contributed by atoms with Gasteiger partial charge >= 0.3 is 0 Å². The Morgan fingerprint density at radius 1 is 1.64 bits per heavy atom. The number of hydrogen-bond acceptors (Lipinski definition) is 2. The molecule has 0 amide bonds. The zero-order valence-corrected chi connectivity index (χ0v) is 9.12. The molecule has 2 atom stereocenters. The van der Waals surface area contributed by atoms with Crippen molar-refractivity contribution in [3.63, 3.8) is 0 Å². The van der Waals surface area contributed by atoms with Crippen molar-refractivity contribution in [3.05, 3.63) is 12.2 Å². The summed E-state index contributed by atoms with van der Waals surface area (Å²) in [6.07, 6.45) is 5.88. The van der Waals surface area contributed by atoms with E-state index in [9.17, 15) is 4.79 Å². The summed E-state index contributed by atoms with van der Waals surface area (Å²) in [6, 6.07) is 0. The van der Waals surface area contributed by atoms with E-state index >= 15 is 0 Å². The van der Waals surface area contributed by atoms with Crippen LogP contribution in [0.1, 0.15) is 26.7 Å². The third-order valence-corrected chi connectivity index (χ3v) is 3.84. The summed E-state index contributed by atoms with van der Waals surface area (Å²) in [4.78, 5) is 13.8. The van der Waals surface area contributed by atoms with Gasteiger partial charge in [-0.25, -0.2) is 0 Å². The molecule has 0 bridgehead atoms. The Morgan fingerprint density at radius 2 is 2.43 bits per heavy atom. The Morgan fingerprint density at radius 3 is 3.14 bits per heavy atom. The number of ketones is 1. The van der Waals surface area contributed by atoms with Crippen molar-refractivity contribution in [2.75, 3.05) is 19.6 Å². The highest BCUT2D eigenvalue weighted by molar-refractivity contribution is 5.91. The van der Waals surface area contributed by atoms with Crippen LogP contribution in [0.2, 0.25) is 0 Å². The molecule has 0 unspecified atom stereocenters. The molecule has 0 aromatic carbocycles. The highest BCUT2D eigenvalue weighted by atomic mass is 16.1. The van der Waals surface area contributed by atoms with Gasteiger partial charge in [-0.15, -0.1) is 0 Å². The number of hydrogen-bond donors (Lipinski definition) is 0. The molecule has 0 aromatic heterocycles. The summed E-state index contributed by atoms with van der Waals surface area (Å²) in [5, 5.41) is 0. The van der Waals surface area contributed by atoms with Crippen molar-refractivity contribution in [1.82, 2.24) is 4.90 Å². The van der Waals surface area contributed by atoms with E-state index in [1.165, 1.54) is 6.42 Å². The molecule has 78 valence electrons. The molecule has 1 aliphatic heterocycles. The van der Waals surface area contributed by atoms with Crippen LogP contribution in [0.5, 0.6) is 0 Å². The summed E-state index contributed by atoms with van der Waals surface area (Å²) in [5.41, 5.74) is 0.252. The zero-order valence-electron chi connectivity index (χ0n) is 9.12. The lowest BCUT2D eigenvalue weighted by Crippen LogP contribution is -2.47. The van der Waals surface area contributed by atoms with E-state index in [1.54, 1.807) is 6.08 Å². The first-order valence-electron chi connectivity index (χ1n) is 5.58. The quantitative estimate of drug-likeness (QED) is 0.633. The summed E-state index contributed by atoms with van der Waals surface area (Å²) >= 11 is 0. The van der Waals surface area contributed by atoms with E-state index in [4.69, 9.17) is 0 Å². The molecule has 0 N–H and O–H groups in total. The minimum Gasteiger partial charge on any atom is -0.303 e. The van der Waals surface area contributed by atoms with Crippen molar-refractivity contribution >= 4 is 5.78 Å². The number of rotatable bonds is 1. The van der Waals surface area contributed by atoms with Crippen LogP contribution in [0, 0.1) is 11.3 Å². The van der Waals surface area contributed by atoms with E-state index < -0.39 is 0 Å². The monoisotopic (exact) mass is 193 g/mol. The Bertz CT molecular complexity index is 271. The van der Waals surface area contributed by atoms with Gasteiger partial charge in [-0.1, -0.05) is 19.9 Å². The van der Waals surface area contributed by atoms with Crippen LogP contribution in [-0.2, 0) is 4.79 Å². The van der Waals surface area contributed by atoms with Gasteiger partial charge < -0.3 is 4.90 Å². The molecule has 0 radical (unpaired) electrons. The molecule has 0 saturated carbocycles. The van der Waals surface area contributed by atoms with Crippen molar-refractivity contribution in [3.8, 4) is 0 Å². The first-order valence-corrected chi connectivity index (χ1v) is 5.58. The SMILES string of the molecule is CCN1CC[C@@H]2CC(=O)C=C[C@]2(C)C1. The zero-order chi connectivity index (χ0) is 10.2. The molecule has 2 nitrogen and oxygen atoms in total. The first kappa shape index (κ1) is 9.91. The summed E-state index contributed by atoms with van der Waals surface area (Å²) in [5.74, 6) is 0.903. The van der Waals surface area contributed by atoms with Gasteiger partial charge in [0.15, 0.2) is 5.78 Å². The van der Waals surface area contributed by atoms with E-state index in [2.05, 4.69) is 24.8 Å². The van der Waals surface area contributed by atoms with Gasteiger partial charge in [-0.3, -0.25) is 4.79 Å². The predicted octanol–water partition coefficient (Wildman–Crippen LogP) is 1.86. The molecule has 1 fully saturated rings. The smallest absolute Gasteiger partial charge is 0.155 e. The number of carbonyl (C=O) groups is 1. The molecule has 2 aliphatic rings. The second kappa shape index (κ2) is 3.50. The fourth-order valence-electron chi connectivity index (χ4n) is 2.75. The van der Waals surface area contributed by atoms with Gasteiger partial charge in [-0.2, -0.15) is 0 Å². The van der Waals surface area contributed by atoms with Crippen LogP contribution in [0.25, 0.3) is 0 Å². The van der Waals surface area contributed by atoms with Crippen LogP contribution in [-0.4, -0.2) is 30.3 Å². The average Bonchev–Trinajstić information content (AvgIpc) is 2.18. The second-order valence-electron chi connectivity index (χ2n) is 4.86. The van der Waals surface area contributed by atoms with E-state index in [0.29, 0.717) is 11.7 Å². The van der Waals surface area contributed by atoms with Gasteiger partial charge in [0.1, 0.15) is 0 Å². The van der Waals surface area contributed by atoms with Gasteiger partial charge in [-0.05, 0) is 31.5 Å². The number of fused-ring (bicyclic) bond motifs is 1. The molecular weight excluding hydrogens is 174 g/mol. The first-order chi connectivity index (χ1) is 6.64. The number of piperidine rings is 1. The standard InChI is InChI=1S/C12H19NO/c1-3-13-7-5-10-8-11(14)4-6-12(10,2)9-13/h4,6,10H,3,5,7-9H2,1-2H3/t10-,12-/m1/s1. The molecule has 0 aromatic rings. The van der Waals surface area contributed by atoms with Gasteiger partial charge in [0.05, 0.1) is 0 Å². The summed E-state index contributed by atoms with van der Waals surface area (Å²) in [7, 11) is 0. The van der Waals surface area contributed by atoms with Crippen LogP contribution in [0.4, 0.5) is 0 Å². The van der Waals surface area contributed by atoms with Crippen LogP contribution < -0.4 is 0 Å². The Kier molecular flexibility index (Phi) is 2.48. The lowest BCUT2D eigenvalue weighted by Gasteiger charge is -2.46. The van der Waals surface area contributed by atoms with Crippen molar-refractivity contribution in [2.24, 2.45) is 11.3 Å². The Hall–Kier alpha value is -0.630. The van der Waals surface area contributed by atoms with Crippen molar-refractivity contribution < 1.29 is 4.79 Å². The molecule has 2 heteroatoms. The third kappa shape index (κ3) is 1.63. The molecule has 2 rings (SSSR count). The fraction of sp³-hybridized carbons (Fsp3) is 0.750. The topological polar surface area (TPSA) is 20.3 Å². The maximum absolute atomic E-state index is 11.3. The predicted molar refractivity (Wildman–Crippen MR) is 57.1 cm³/mol. The highest BCUT2D eigenvalue weighted by Crippen LogP contribution is 2.41. The van der Waals surface area contributed by atoms with Gasteiger partial charge in [0.25, 0.3) is 0 Å². The maximum Gasteiger partial charge on any atom is 0.155 e. The summed E-state index contributed by atoms with van der Waals surface area (Å²) in [6.45, 7) is 7.92. The molecule has 1 aliphatic carbocycles. The lowest BCUT2D eigenvalue weighted by molar-refractivity contribution is -0.117. The normalized spacial score (nSPS) is 38.4. The van der Waals surface area contributed by atoms with Crippen LogP contribution in [0.15, 0.2) is 12.2 Å². The van der Waals surface area contributed by atoms with Crippen molar-refractivity contribution in [2.45, 2.75) is 26.7 Å². The third-order valence-electron chi connectivity index (χ3n) is 3.84. The van der Waals surface area contributed by atoms with Crippen LogP contribution >= 0.6 is 0 Å². The highest BCUT2D eigenvalue weighted by Gasteiger charge is 2.39. The summed E-state index contributed by atoms with van der Waals surface area (Å²) < 4.78 is 0. The van der Waals surface area contributed by atoms with Gasteiger partial charge in [0.2, 0.25) is 0 Å². The molecule has 1 heterocycles. The Labute approximate surface area is 86.0 Å². The van der Waals surface area contributed by atoms with E-state index in [0.717, 1.165) is 26.1 Å². The number of nitrogens with zero attached hydrogens (tertiary/aromatic N) is 1. The minimum absolute atomic E-state index is 0.252. The minimum atomic E-state index is 0.252. The van der Waals surface area contributed by atoms with E-state index in [1.807, 2.05) is 0 Å². The number of allylic oxidation sites excluding steroid dienone is 1. The molecule has 14 heavy (non-hydrogen) atoms. The average molecular weight is 193 g/mol. The number of likely N-dealkylation sites (tertiary alicyclic amines) is 1. The number of carbonyl (C=O) groups excluding carboxylic acids is 1. The largest absolute Gasteiger partial charge is 0.303 e. The van der Waals surface area contributed by atoms with Crippen molar-refractivity contribution in [1.29, 1.82) is 0 Å². The second-order valence-corrected chi connectivity index (χ2v) is 4.86. The van der Waals surface area contributed by atoms with Crippen LogP contribution in [0.3, 0.4) is 0 Å². The fourth-order valence-corrected chi connectivity index (χ4v) is 2.75. The van der Waals surface area contributed by atoms with E-state index in [-0.39, 0.29) is 5.41 Å². The maximum atomic E-state index is 11.3.